The van der Waals surface area contributed by atoms with Gasteiger partial charge in [0.05, 0.1) is 6.04 Å². The van der Waals surface area contributed by atoms with Crippen molar-refractivity contribution in [2.24, 2.45) is 7.05 Å². The molecule has 0 radical (unpaired) electrons. The predicted molar refractivity (Wildman–Crippen MR) is 89.7 cm³/mol. The number of rotatable bonds is 4. The third kappa shape index (κ3) is 2.60. The van der Waals surface area contributed by atoms with Crippen LogP contribution in [0.15, 0.2) is 60.7 Å². The standard InChI is InChI=1S/C18H20N4/c1-14(15-10-6-4-7-11-15)21(2)18-20-19-17(22(18)3)16-12-8-5-9-13-16/h4-14H,1-3H3/t14-/m0/s1. The van der Waals surface area contributed by atoms with Gasteiger partial charge in [0, 0.05) is 19.7 Å². The van der Waals surface area contributed by atoms with Crippen LogP contribution in [-0.2, 0) is 7.05 Å². The van der Waals surface area contributed by atoms with E-state index in [4.69, 9.17) is 0 Å². The summed E-state index contributed by atoms with van der Waals surface area (Å²) in [6.07, 6.45) is 0. The van der Waals surface area contributed by atoms with Gasteiger partial charge in [0.1, 0.15) is 0 Å². The van der Waals surface area contributed by atoms with Gasteiger partial charge in [0.2, 0.25) is 5.95 Å². The van der Waals surface area contributed by atoms with Crippen molar-refractivity contribution in [1.29, 1.82) is 0 Å². The van der Waals surface area contributed by atoms with E-state index in [1.54, 1.807) is 0 Å². The first-order valence-electron chi connectivity index (χ1n) is 7.41. The molecule has 1 atom stereocenters. The Morgan fingerprint density at radius 2 is 1.50 bits per heavy atom. The molecule has 0 unspecified atom stereocenters. The molecule has 112 valence electrons. The van der Waals surface area contributed by atoms with Crippen LogP contribution in [0.2, 0.25) is 0 Å². The first-order chi connectivity index (χ1) is 10.7. The van der Waals surface area contributed by atoms with Gasteiger partial charge in [0.15, 0.2) is 5.82 Å². The van der Waals surface area contributed by atoms with Crippen molar-refractivity contribution in [1.82, 2.24) is 14.8 Å². The van der Waals surface area contributed by atoms with E-state index in [1.807, 2.05) is 35.9 Å². The zero-order chi connectivity index (χ0) is 15.5. The molecule has 3 rings (SSSR count). The van der Waals surface area contributed by atoms with E-state index in [2.05, 4.69) is 65.5 Å². The molecule has 3 aromatic rings. The van der Waals surface area contributed by atoms with Crippen LogP contribution in [0.25, 0.3) is 11.4 Å². The van der Waals surface area contributed by atoms with Crippen molar-refractivity contribution in [3.63, 3.8) is 0 Å². The molecule has 0 aliphatic carbocycles. The van der Waals surface area contributed by atoms with E-state index in [9.17, 15) is 0 Å². The Hall–Kier alpha value is -2.62. The van der Waals surface area contributed by atoms with Gasteiger partial charge < -0.3 is 4.90 Å². The van der Waals surface area contributed by atoms with Crippen molar-refractivity contribution in [3.05, 3.63) is 66.2 Å². The van der Waals surface area contributed by atoms with Gasteiger partial charge in [-0.05, 0) is 12.5 Å². The average molecular weight is 292 g/mol. The first kappa shape index (κ1) is 14.3. The Labute approximate surface area is 131 Å². The maximum absolute atomic E-state index is 4.38. The summed E-state index contributed by atoms with van der Waals surface area (Å²) in [5.74, 6) is 1.73. The first-order valence-corrected chi connectivity index (χ1v) is 7.41. The molecule has 0 N–H and O–H groups in total. The lowest BCUT2D eigenvalue weighted by molar-refractivity contribution is 0.695. The van der Waals surface area contributed by atoms with Crippen molar-refractivity contribution >= 4 is 5.95 Å². The van der Waals surface area contributed by atoms with Crippen LogP contribution in [0.3, 0.4) is 0 Å². The van der Waals surface area contributed by atoms with E-state index >= 15 is 0 Å². The summed E-state index contributed by atoms with van der Waals surface area (Å²) in [5, 5.41) is 8.73. The second-order valence-corrected chi connectivity index (χ2v) is 5.45. The Morgan fingerprint density at radius 1 is 0.909 bits per heavy atom. The fourth-order valence-corrected chi connectivity index (χ4v) is 2.60. The summed E-state index contributed by atoms with van der Waals surface area (Å²) in [7, 11) is 4.06. The summed E-state index contributed by atoms with van der Waals surface area (Å²) in [6.45, 7) is 2.17. The smallest absolute Gasteiger partial charge is 0.227 e. The second kappa shape index (κ2) is 6.02. The Morgan fingerprint density at radius 3 is 2.14 bits per heavy atom. The molecule has 2 aromatic carbocycles. The molecular weight excluding hydrogens is 272 g/mol. The minimum Gasteiger partial charge on any atom is -0.337 e. The van der Waals surface area contributed by atoms with E-state index in [0.717, 1.165) is 17.3 Å². The van der Waals surface area contributed by atoms with Gasteiger partial charge in [-0.15, -0.1) is 10.2 Å². The van der Waals surface area contributed by atoms with Crippen LogP contribution >= 0.6 is 0 Å². The molecule has 0 bridgehead atoms. The second-order valence-electron chi connectivity index (χ2n) is 5.45. The summed E-state index contributed by atoms with van der Waals surface area (Å²) >= 11 is 0. The largest absolute Gasteiger partial charge is 0.337 e. The van der Waals surface area contributed by atoms with Gasteiger partial charge in [-0.2, -0.15) is 0 Å². The van der Waals surface area contributed by atoms with Gasteiger partial charge in [-0.3, -0.25) is 4.57 Å². The van der Waals surface area contributed by atoms with Gasteiger partial charge >= 0.3 is 0 Å². The molecule has 1 heterocycles. The molecule has 0 fully saturated rings. The molecule has 1 aromatic heterocycles. The monoisotopic (exact) mass is 292 g/mol. The highest BCUT2D eigenvalue weighted by atomic mass is 15.4. The fraction of sp³-hybridized carbons (Fsp3) is 0.222. The molecule has 0 saturated carbocycles. The third-order valence-corrected chi connectivity index (χ3v) is 4.06. The van der Waals surface area contributed by atoms with E-state index in [1.165, 1.54) is 5.56 Å². The SMILES string of the molecule is C[C@@H](c1ccccc1)N(C)c1nnc(-c2ccccc2)n1C. The highest BCUT2D eigenvalue weighted by Gasteiger charge is 2.19. The van der Waals surface area contributed by atoms with Crippen LogP contribution in [0.4, 0.5) is 5.95 Å². The summed E-state index contributed by atoms with van der Waals surface area (Å²) < 4.78 is 2.04. The summed E-state index contributed by atoms with van der Waals surface area (Å²) in [5.41, 5.74) is 2.33. The van der Waals surface area contributed by atoms with Crippen molar-refractivity contribution in [2.75, 3.05) is 11.9 Å². The maximum Gasteiger partial charge on any atom is 0.227 e. The van der Waals surface area contributed by atoms with Gasteiger partial charge in [-0.25, -0.2) is 0 Å². The van der Waals surface area contributed by atoms with Crippen molar-refractivity contribution < 1.29 is 0 Å². The predicted octanol–water partition coefficient (Wildman–Crippen LogP) is 3.68. The topological polar surface area (TPSA) is 34.0 Å². The minimum atomic E-state index is 0.229. The number of anilines is 1. The highest BCUT2D eigenvalue weighted by Crippen LogP contribution is 2.26. The van der Waals surface area contributed by atoms with Crippen LogP contribution in [0, 0.1) is 0 Å². The molecule has 4 nitrogen and oxygen atoms in total. The highest BCUT2D eigenvalue weighted by molar-refractivity contribution is 5.57. The molecule has 0 amide bonds. The van der Waals surface area contributed by atoms with E-state index in [-0.39, 0.29) is 6.04 Å². The molecule has 0 aliphatic rings. The lowest BCUT2D eigenvalue weighted by atomic mass is 10.1. The van der Waals surface area contributed by atoms with E-state index < -0.39 is 0 Å². The lowest BCUT2D eigenvalue weighted by Gasteiger charge is -2.25. The molecular formula is C18H20N4. The molecule has 4 heteroatoms. The molecule has 0 aliphatic heterocycles. The number of nitrogens with zero attached hydrogens (tertiary/aromatic N) is 4. The number of benzene rings is 2. The lowest BCUT2D eigenvalue weighted by Crippen LogP contribution is -2.24. The number of hydrogen-bond acceptors (Lipinski definition) is 3. The third-order valence-electron chi connectivity index (χ3n) is 4.06. The molecule has 0 spiro atoms. The minimum absolute atomic E-state index is 0.229. The van der Waals surface area contributed by atoms with E-state index in [0.29, 0.717) is 0 Å². The zero-order valence-corrected chi connectivity index (χ0v) is 13.1. The fourth-order valence-electron chi connectivity index (χ4n) is 2.60. The number of hydrogen-bond donors (Lipinski definition) is 0. The summed E-state index contributed by atoms with van der Waals surface area (Å²) in [6, 6.07) is 20.8. The van der Waals surface area contributed by atoms with Crippen LogP contribution in [0.5, 0.6) is 0 Å². The van der Waals surface area contributed by atoms with Crippen LogP contribution < -0.4 is 4.90 Å². The normalized spacial score (nSPS) is 12.1. The van der Waals surface area contributed by atoms with Crippen LogP contribution in [-0.4, -0.2) is 21.8 Å². The summed E-state index contributed by atoms with van der Waals surface area (Å²) in [4.78, 5) is 2.15. The molecule has 0 saturated heterocycles. The van der Waals surface area contributed by atoms with Crippen molar-refractivity contribution in [3.8, 4) is 11.4 Å². The maximum atomic E-state index is 4.38. The number of aromatic nitrogens is 3. The Kier molecular flexibility index (Phi) is 3.92. The van der Waals surface area contributed by atoms with Crippen LogP contribution in [0.1, 0.15) is 18.5 Å². The van der Waals surface area contributed by atoms with Gasteiger partial charge in [-0.1, -0.05) is 60.7 Å². The molecule has 22 heavy (non-hydrogen) atoms. The Bertz CT molecular complexity index is 734. The van der Waals surface area contributed by atoms with Crippen molar-refractivity contribution in [2.45, 2.75) is 13.0 Å². The van der Waals surface area contributed by atoms with Gasteiger partial charge in [0.25, 0.3) is 0 Å². The average Bonchev–Trinajstić information content (AvgIpc) is 2.96. The quantitative estimate of drug-likeness (QED) is 0.735. The Balaban J connectivity index is 1.91. The zero-order valence-electron chi connectivity index (χ0n) is 13.1.